The number of nitrogens with one attached hydrogen (secondary N) is 1. The van der Waals surface area contributed by atoms with Crippen molar-refractivity contribution in [1.29, 1.82) is 0 Å². The zero-order valence-corrected chi connectivity index (χ0v) is 20.3. The van der Waals surface area contributed by atoms with E-state index in [1.165, 1.54) is 4.57 Å². The maximum Gasteiger partial charge on any atom is 0.416 e. The molecule has 38 heavy (non-hydrogen) atoms. The predicted molar refractivity (Wildman–Crippen MR) is 122 cm³/mol. The van der Waals surface area contributed by atoms with Crippen LogP contribution in [0.3, 0.4) is 0 Å². The predicted octanol–water partition coefficient (Wildman–Crippen LogP) is 3.65. The van der Waals surface area contributed by atoms with Crippen LogP contribution < -0.4 is 11.2 Å². The van der Waals surface area contributed by atoms with E-state index in [9.17, 15) is 35.9 Å². The number of aromatic nitrogens is 8. The Morgan fingerprint density at radius 2 is 1.74 bits per heavy atom. The summed E-state index contributed by atoms with van der Waals surface area (Å²) in [4.78, 5) is 33.3. The summed E-state index contributed by atoms with van der Waals surface area (Å²) in [7, 11) is 0. The van der Waals surface area contributed by atoms with Crippen LogP contribution in [0.4, 0.5) is 26.3 Å². The number of aromatic amines is 1. The molecule has 0 radical (unpaired) electrons. The third-order valence-corrected chi connectivity index (χ3v) is 5.78. The molecule has 17 heteroatoms. The van der Waals surface area contributed by atoms with E-state index in [1.54, 1.807) is 0 Å². The van der Waals surface area contributed by atoms with Gasteiger partial charge in [0.1, 0.15) is 0 Å². The van der Waals surface area contributed by atoms with E-state index in [4.69, 9.17) is 11.6 Å². The second kappa shape index (κ2) is 10.2. The molecule has 4 aromatic rings. The van der Waals surface area contributed by atoms with Crippen LogP contribution in [0, 0.1) is 0 Å². The lowest BCUT2D eigenvalue weighted by Crippen LogP contribution is -2.40. The van der Waals surface area contributed by atoms with Crippen molar-refractivity contribution in [3.05, 3.63) is 66.8 Å². The Hall–Kier alpha value is -3.69. The molecule has 0 fully saturated rings. The van der Waals surface area contributed by atoms with Gasteiger partial charge in [0.15, 0.2) is 17.0 Å². The molecule has 0 aliphatic carbocycles. The fourth-order valence-corrected chi connectivity index (χ4v) is 4.09. The zero-order valence-electron chi connectivity index (χ0n) is 19.6. The van der Waals surface area contributed by atoms with Crippen LogP contribution in [-0.2, 0) is 38.4 Å². The molecule has 4 rings (SSSR count). The van der Waals surface area contributed by atoms with Crippen molar-refractivity contribution < 1.29 is 26.3 Å². The lowest BCUT2D eigenvalue weighted by atomic mass is 10.0. The number of benzene rings is 1. The first-order valence-electron chi connectivity index (χ1n) is 11.2. The fraction of sp³-hybridized carbons (Fsp3) is 0.429. The first-order valence-corrected chi connectivity index (χ1v) is 11.6. The number of H-pyrrole nitrogens is 1. The SMILES string of the molecule is CCCn1c(=O)n(CCCn2nnc(Cc3ccc(C(F)(F)F)cc3C(F)(F)F)n2)c(=O)c2[nH]c(Cl)nc21. The average molecular weight is 565 g/mol. The standard InChI is InChI=1S/C21H19ClF6N8O2/c1-2-6-34-16-15(29-18(22)30-16)17(37)35(19(34)38)7-3-8-36-32-14(31-33-36)9-11-4-5-12(20(23,24)25)10-13(11)21(26,27)28/h4-5,10H,2-3,6-9H2,1H3,(H,29,30). The summed E-state index contributed by atoms with van der Waals surface area (Å²) in [5.74, 6) is -0.147. The quantitative estimate of drug-likeness (QED) is 0.258. The summed E-state index contributed by atoms with van der Waals surface area (Å²) in [5.41, 5.74) is -4.30. The van der Waals surface area contributed by atoms with Crippen LogP contribution in [0.15, 0.2) is 27.8 Å². The Morgan fingerprint density at radius 1 is 1.00 bits per heavy atom. The van der Waals surface area contributed by atoms with E-state index in [0.717, 1.165) is 15.4 Å². The highest BCUT2D eigenvalue weighted by molar-refractivity contribution is 6.28. The van der Waals surface area contributed by atoms with Gasteiger partial charge in [-0.25, -0.2) is 4.79 Å². The van der Waals surface area contributed by atoms with Gasteiger partial charge >= 0.3 is 18.0 Å². The number of hydrogen-bond donors (Lipinski definition) is 1. The Kier molecular flexibility index (Phi) is 7.36. The molecule has 0 unspecified atom stereocenters. The number of rotatable bonds is 8. The largest absolute Gasteiger partial charge is 0.416 e. The van der Waals surface area contributed by atoms with Gasteiger partial charge < -0.3 is 4.98 Å². The van der Waals surface area contributed by atoms with Crippen molar-refractivity contribution in [2.75, 3.05) is 0 Å². The van der Waals surface area contributed by atoms with Gasteiger partial charge in [-0.2, -0.15) is 36.1 Å². The Labute approximate surface area is 213 Å². The molecule has 0 atom stereocenters. The van der Waals surface area contributed by atoms with E-state index < -0.39 is 46.7 Å². The van der Waals surface area contributed by atoms with Gasteiger partial charge in [0.05, 0.1) is 17.7 Å². The lowest BCUT2D eigenvalue weighted by Gasteiger charge is -2.15. The molecule has 0 aliphatic heterocycles. The van der Waals surface area contributed by atoms with Crippen LogP contribution in [0.2, 0.25) is 5.28 Å². The number of nitrogens with zero attached hydrogens (tertiary/aromatic N) is 7. The molecule has 0 saturated heterocycles. The summed E-state index contributed by atoms with van der Waals surface area (Å²) < 4.78 is 81.2. The minimum absolute atomic E-state index is 0.0397. The smallest absolute Gasteiger partial charge is 0.323 e. The van der Waals surface area contributed by atoms with Crippen LogP contribution in [-0.4, -0.2) is 39.3 Å². The van der Waals surface area contributed by atoms with Crippen LogP contribution in [0.1, 0.15) is 42.3 Å². The number of hydrogen-bond acceptors (Lipinski definition) is 6. The monoisotopic (exact) mass is 564 g/mol. The Bertz CT molecular complexity index is 1580. The van der Waals surface area contributed by atoms with Crippen molar-refractivity contribution in [2.24, 2.45) is 0 Å². The third-order valence-electron chi connectivity index (χ3n) is 5.60. The molecule has 0 aliphatic rings. The molecular weight excluding hydrogens is 546 g/mol. The molecule has 1 aromatic carbocycles. The molecule has 0 amide bonds. The summed E-state index contributed by atoms with van der Waals surface area (Å²) in [6.45, 7) is 2.16. The van der Waals surface area contributed by atoms with E-state index in [2.05, 4.69) is 25.4 Å². The van der Waals surface area contributed by atoms with E-state index >= 15 is 0 Å². The van der Waals surface area contributed by atoms with Crippen molar-refractivity contribution in [2.45, 2.75) is 58.2 Å². The van der Waals surface area contributed by atoms with Gasteiger partial charge in [-0.05, 0) is 47.4 Å². The van der Waals surface area contributed by atoms with Crippen molar-refractivity contribution in [1.82, 2.24) is 39.3 Å². The number of aryl methyl sites for hydroxylation is 2. The minimum Gasteiger partial charge on any atom is -0.323 e. The van der Waals surface area contributed by atoms with Crippen molar-refractivity contribution in [3.8, 4) is 0 Å². The maximum absolute atomic E-state index is 13.4. The summed E-state index contributed by atoms with van der Waals surface area (Å²) in [6, 6.07) is 1.34. The van der Waals surface area contributed by atoms with Crippen molar-refractivity contribution in [3.63, 3.8) is 0 Å². The van der Waals surface area contributed by atoms with Gasteiger partial charge in [-0.3, -0.25) is 13.9 Å². The average Bonchev–Trinajstić information content (AvgIpc) is 3.44. The summed E-state index contributed by atoms with van der Waals surface area (Å²) >= 11 is 5.87. The highest BCUT2D eigenvalue weighted by atomic mass is 35.5. The minimum atomic E-state index is -5.02. The topological polar surface area (TPSA) is 116 Å². The van der Waals surface area contributed by atoms with Gasteiger partial charge in [0.2, 0.25) is 5.28 Å². The van der Waals surface area contributed by atoms with E-state index in [0.29, 0.717) is 19.0 Å². The van der Waals surface area contributed by atoms with Gasteiger partial charge in [0.25, 0.3) is 5.56 Å². The molecule has 10 nitrogen and oxygen atoms in total. The number of halogens is 7. The highest BCUT2D eigenvalue weighted by Gasteiger charge is 2.38. The molecule has 3 aromatic heterocycles. The number of alkyl halides is 6. The summed E-state index contributed by atoms with van der Waals surface area (Å²) in [5, 5.41) is 11.4. The molecule has 0 spiro atoms. The lowest BCUT2D eigenvalue weighted by molar-refractivity contribution is -0.143. The van der Waals surface area contributed by atoms with E-state index in [-0.39, 0.29) is 47.8 Å². The third kappa shape index (κ3) is 5.58. The molecule has 0 bridgehead atoms. The van der Waals surface area contributed by atoms with Crippen LogP contribution >= 0.6 is 11.6 Å². The van der Waals surface area contributed by atoms with Crippen molar-refractivity contribution >= 4 is 22.8 Å². The molecular formula is C21H19ClF6N8O2. The summed E-state index contributed by atoms with van der Waals surface area (Å²) in [6.07, 6.45) is -9.69. The van der Waals surface area contributed by atoms with Crippen LogP contribution in [0.25, 0.3) is 11.2 Å². The van der Waals surface area contributed by atoms with E-state index in [1.807, 2.05) is 6.92 Å². The molecule has 204 valence electrons. The zero-order chi connectivity index (χ0) is 27.8. The number of fused-ring (bicyclic) bond motifs is 1. The Balaban J connectivity index is 1.50. The first kappa shape index (κ1) is 27.3. The molecule has 3 heterocycles. The first-order chi connectivity index (χ1) is 17.8. The fourth-order valence-electron chi connectivity index (χ4n) is 3.91. The van der Waals surface area contributed by atoms with Gasteiger partial charge in [0, 0.05) is 19.5 Å². The number of tetrazole rings is 1. The molecule has 1 N–H and O–H groups in total. The maximum atomic E-state index is 13.4. The second-order valence-corrected chi connectivity index (χ2v) is 8.67. The Morgan fingerprint density at radius 3 is 2.39 bits per heavy atom. The highest BCUT2D eigenvalue weighted by Crippen LogP contribution is 2.37. The van der Waals surface area contributed by atoms with Crippen LogP contribution in [0.5, 0.6) is 0 Å². The number of imidazole rings is 1. The second-order valence-electron chi connectivity index (χ2n) is 8.32. The van der Waals surface area contributed by atoms with Gasteiger partial charge in [-0.1, -0.05) is 13.0 Å². The normalized spacial score (nSPS) is 12.5. The molecule has 0 saturated carbocycles. The van der Waals surface area contributed by atoms with Gasteiger partial charge in [-0.15, -0.1) is 10.2 Å².